The Balaban J connectivity index is 1.75. The third kappa shape index (κ3) is 4.78. The number of nitrogens with zero attached hydrogens (tertiary/aromatic N) is 4. The highest BCUT2D eigenvalue weighted by Gasteiger charge is 2.19. The van der Waals surface area contributed by atoms with E-state index in [9.17, 15) is 23.2 Å². The summed E-state index contributed by atoms with van der Waals surface area (Å²) < 4.78 is 34.3. The Morgan fingerprint density at radius 3 is 2.43 bits per heavy atom. The second-order valence-corrected chi connectivity index (χ2v) is 8.41. The lowest BCUT2D eigenvalue weighted by Crippen LogP contribution is -2.37. The van der Waals surface area contributed by atoms with Gasteiger partial charge in [0.25, 0.3) is 5.56 Å². The number of carbonyl (C=O) groups excluding carboxylic acids is 1. The van der Waals surface area contributed by atoms with Gasteiger partial charge in [-0.05, 0) is 36.4 Å². The molecule has 4 aromatic rings. The molecule has 0 bridgehead atoms. The average molecular weight is 499 g/mol. The Bertz CT molecular complexity index is 1570. The molecule has 2 aromatic carbocycles. The SMILES string of the molecule is COc1ccc(-c2nc(SCC(=O)Nc3ccc(F)cc3F)c3c(=O)n(C)c(=O)n(C)c3n2)cc1. The molecular formula is C23H19F2N5O4S. The molecule has 0 aliphatic carbocycles. The zero-order chi connectivity index (χ0) is 25.3. The number of nitrogens with one attached hydrogen (secondary N) is 1. The molecule has 0 atom stereocenters. The molecule has 0 saturated heterocycles. The molecule has 180 valence electrons. The Morgan fingerprint density at radius 1 is 1.06 bits per heavy atom. The van der Waals surface area contributed by atoms with E-state index in [-0.39, 0.29) is 33.3 Å². The minimum absolute atomic E-state index is 0.0672. The first-order chi connectivity index (χ1) is 16.7. The van der Waals surface area contributed by atoms with Gasteiger partial charge in [-0.1, -0.05) is 11.8 Å². The second kappa shape index (κ2) is 9.66. The Hall–Kier alpha value is -4.06. The standard InChI is InChI=1S/C23H19F2N5O4S/c1-29-20-18(22(32)30(2)23(29)33)21(28-19(27-20)12-4-7-14(34-3)8-5-12)35-11-17(31)26-16-9-6-13(24)10-15(16)25/h4-10H,11H2,1-3H3,(H,26,31). The molecule has 0 aliphatic rings. The van der Waals surface area contributed by atoms with Crippen molar-refractivity contribution >= 4 is 34.4 Å². The Kier molecular flexibility index (Phi) is 6.65. The van der Waals surface area contributed by atoms with Crippen LogP contribution in [0.2, 0.25) is 0 Å². The topological polar surface area (TPSA) is 108 Å². The molecule has 9 nitrogen and oxygen atoms in total. The van der Waals surface area contributed by atoms with Crippen molar-refractivity contribution in [1.82, 2.24) is 19.1 Å². The van der Waals surface area contributed by atoms with Gasteiger partial charge < -0.3 is 10.1 Å². The zero-order valence-corrected chi connectivity index (χ0v) is 19.7. The van der Waals surface area contributed by atoms with Gasteiger partial charge in [0.2, 0.25) is 5.91 Å². The number of hydrogen-bond donors (Lipinski definition) is 1. The molecule has 35 heavy (non-hydrogen) atoms. The van der Waals surface area contributed by atoms with Crippen LogP contribution in [-0.2, 0) is 18.9 Å². The molecule has 0 spiro atoms. The van der Waals surface area contributed by atoms with E-state index >= 15 is 0 Å². The first-order valence-electron chi connectivity index (χ1n) is 10.2. The third-order valence-electron chi connectivity index (χ3n) is 5.16. The molecule has 12 heteroatoms. The molecule has 1 N–H and O–H groups in total. The van der Waals surface area contributed by atoms with Gasteiger partial charge in [-0.3, -0.25) is 18.7 Å². The number of amides is 1. The van der Waals surface area contributed by atoms with E-state index in [0.717, 1.165) is 28.5 Å². The molecule has 0 saturated carbocycles. The van der Waals surface area contributed by atoms with Crippen LogP contribution >= 0.6 is 11.8 Å². The smallest absolute Gasteiger partial charge is 0.332 e. The van der Waals surface area contributed by atoms with E-state index in [1.807, 2.05) is 0 Å². The highest BCUT2D eigenvalue weighted by molar-refractivity contribution is 8.00. The van der Waals surface area contributed by atoms with Crippen LogP contribution < -0.4 is 21.3 Å². The van der Waals surface area contributed by atoms with Crippen molar-refractivity contribution in [3.8, 4) is 17.1 Å². The van der Waals surface area contributed by atoms with Crippen molar-refractivity contribution in [2.45, 2.75) is 5.03 Å². The minimum atomic E-state index is -0.915. The fraction of sp³-hybridized carbons (Fsp3) is 0.174. The van der Waals surface area contributed by atoms with Crippen LogP contribution in [0.15, 0.2) is 57.1 Å². The predicted molar refractivity (Wildman–Crippen MR) is 128 cm³/mol. The maximum atomic E-state index is 13.9. The average Bonchev–Trinajstić information content (AvgIpc) is 2.86. The zero-order valence-electron chi connectivity index (χ0n) is 18.8. The number of thioether (sulfide) groups is 1. The number of methoxy groups -OCH3 is 1. The quantitative estimate of drug-likeness (QED) is 0.321. The molecule has 4 rings (SSSR count). The van der Waals surface area contributed by atoms with E-state index in [0.29, 0.717) is 17.4 Å². The molecule has 0 unspecified atom stereocenters. The number of aryl methyl sites for hydroxylation is 1. The third-order valence-corrected chi connectivity index (χ3v) is 6.14. The second-order valence-electron chi connectivity index (χ2n) is 7.45. The monoisotopic (exact) mass is 499 g/mol. The first kappa shape index (κ1) is 24.1. The normalized spacial score (nSPS) is 11.0. The number of anilines is 1. The van der Waals surface area contributed by atoms with Gasteiger partial charge >= 0.3 is 5.69 Å². The number of benzene rings is 2. The number of aromatic nitrogens is 4. The summed E-state index contributed by atoms with van der Waals surface area (Å²) in [4.78, 5) is 46.8. The predicted octanol–water partition coefficient (Wildman–Crippen LogP) is 2.71. The van der Waals surface area contributed by atoms with E-state index in [1.165, 1.54) is 25.8 Å². The lowest BCUT2D eigenvalue weighted by atomic mass is 10.2. The lowest BCUT2D eigenvalue weighted by Gasteiger charge is -2.12. The van der Waals surface area contributed by atoms with Crippen molar-refractivity contribution in [1.29, 1.82) is 0 Å². The Morgan fingerprint density at radius 2 is 1.77 bits per heavy atom. The summed E-state index contributed by atoms with van der Waals surface area (Å²) in [6, 6.07) is 9.66. The van der Waals surface area contributed by atoms with Gasteiger partial charge in [-0.25, -0.2) is 23.5 Å². The summed E-state index contributed by atoms with van der Waals surface area (Å²) in [5.74, 6) is -1.67. The maximum Gasteiger partial charge on any atom is 0.332 e. The van der Waals surface area contributed by atoms with E-state index < -0.39 is 28.8 Å². The van der Waals surface area contributed by atoms with Crippen LogP contribution in [0.25, 0.3) is 22.4 Å². The molecular weight excluding hydrogens is 480 g/mol. The number of fused-ring (bicyclic) bond motifs is 1. The van der Waals surface area contributed by atoms with Crippen LogP contribution in [0.1, 0.15) is 0 Å². The van der Waals surface area contributed by atoms with Crippen LogP contribution in [-0.4, -0.2) is 37.9 Å². The summed E-state index contributed by atoms with van der Waals surface area (Å²) in [6.07, 6.45) is 0. The van der Waals surface area contributed by atoms with Crippen molar-refractivity contribution < 1.29 is 18.3 Å². The van der Waals surface area contributed by atoms with E-state index in [4.69, 9.17) is 4.74 Å². The molecule has 2 heterocycles. The summed E-state index contributed by atoms with van der Waals surface area (Å²) in [6.45, 7) is 0. The van der Waals surface area contributed by atoms with Gasteiger partial charge in [-0.2, -0.15) is 0 Å². The minimum Gasteiger partial charge on any atom is -0.497 e. The van der Waals surface area contributed by atoms with Crippen LogP contribution in [0.4, 0.5) is 14.5 Å². The number of hydrogen-bond acceptors (Lipinski definition) is 7. The first-order valence-corrected chi connectivity index (χ1v) is 11.2. The largest absolute Gasteiger partial charge is 0.497 e. The molecule has 0 aliphatic heterocycles. The fourth-order valence-electron chi connectivity index (χ4n) is 3.31. The van der Waals surface area contributed by atoms with Crippen molar-refractivity contribution in [2.24, 2.45) is 14.1 Å². The van der Waals surface area contributed by atoms with Crippen LogP contribution in [0.3, 0.4) is 0 Å². The van der Waals surface area contributed by atoms with Crippen LogP contribution in [0, 0.1) is 11.6 Å². The van der Waals surface area contributed by atoms with Gasteiger partial charge in [0.15, 0.2) is 11.5 Å². The van der Waals surface area contributed by atoms with E-state index in [1.54, 1.807) is 24.3 Å². The Labute approximate surface area is 201 Å². The van der Waals surface area contributed by atoms with Crippen molar-refractivity contribution in [3.05, 3.63) is 74.9 Å². The number of carbonyl (C=O) groups is 1. The lowest BCUT2D eigenvalue weighted by molar-refractivity contribution is -0.113. The number of ether oxygens (including phenoxy) is 1. The summed E-state index contributed by atoms with van der Waals surface area (Å²) in [5, 5.41) is 2.60. The molecule has 1 amide bonds. The summed E-state index contributed by atoms with van der Waals surface area (Å²) in [7, 11) is 4.35. The van der Waals surface area contributed by atoms with Gasteiger partial charge in [0.05, 0.1) is 18.6 Å². The molecule has 0 fully saturated rings. The summed E-state index contributed by atoms with van der Waals surface area (Å²) >= 11 is 0.927. The fourth-order valence-corrected chi connectivity index (χ4v) is 4.13. The van der Waals surface area contributed by atoms with Gasteiger partial charge in [0, 0.05) is 25.7 Å². The van der Waals surface area contributed by atoms with Crippen molar-refractivity contribution in [3.63, 3.8) is 0 Å². The van der Waals surface area contributed by atoms with E-state index in [2.05, 4.69) is 15.3 Å². The highest BCUT2D eigenvalue weighted by Crippen LogP contribution is 2.27. The molecule has 2 aromatic heterocycles. The maximum absolute atomic E-state index is 13.9. The van der Waals surface area contributed by atoms with Crippen molar-refractivity contribution in [2.75, 3.05) is 18.2 Å². The molecule has 0 radical (unpaired) electrons. The van der Waals surface area contributed by atoms with Gasteiger partial charge in [-0.15, -0.1) is 0 Å². The summed E-state index contributed by atoms with van der Waals surface area (Å²) in [5.41, 5.74) is -0.659. The highest BCUT2D eigenvalue weighted by atomic mass is 32.2. The number of halogens is 2. The number of rotatable bonds is 6. The van der Waals surface area contributed by atoms with Crippen LogP contribution in [0.5, 0.6) is 5.75 Å². The van der Waals surface area contributed by atoms with Gasteiger partial charge in [0.1, 0.15) is 27.8 Å².